The molecule has 1 amide bonds. The predicted molar refractivity (Wildman–Crippen MR) is 113 cm³/mol. The molecule has 4 aromatic rings. The Balaban J connectivity index is 1.70. The first kappa shape index (κ1) is 18.0. The molecule has 140 valence electrons. The smallest absolute Gasteiger partial charge is 0.251 e. The highest BCUT2D eigenvalue weighted by Gasteiger charge is 2.13. The average molecular weight is 369 g/mol. The zero-order valence-electron chi connectivity index (χ0n) is 16.1. The molecule has 0 saturated carbocycles. The van der Waals surface area contributed by atoms with Crippen molar-refractivity contribution in [1.82, 2.24) is 15.1 Å². The lowest BCUT2D eigenvalue weighted by Crippen LogP contribution is -2.29. The highest BCUT2D eigenvalue weighted by atomic mass is 16.1. The number of benzene rings is 3. The summed E-state index contributed by atoms with van der Waals surface area (Å²) < 4.78 is 2.04. The molecule has 0 spiro atoms. The van der Waals surface area contributed by atoms with Gasteiger partial charge in [-0.2, -0.15) is 5.10 Å². The van der Waals surface area contributed by atoms with Crippen molar-refractivity contribution in [3.63, 3.8) is 0 Å². The molecular weight excluding hydrogens is 346 g/mol. The van der Waals surface area contributed by atoms with E-state index in [2.05, 4.69) is 29.6 Å². The maximum Gasteiger partial charge on any atom is 0.251 e. The van der Waals surface area contributed by atoms with E-state index in [1.54, 1.807) is 0 Å². The molecule has 3 aromatic carbocycles. The van der Waals surface area contributed by atoms with E-state index in [9.17, 15) is 4.79 Å². The van der Waals surface area contributed by atoms with E-state index >= 15 is 0 Å². The van der Waals surface area contributed by atoms with E-state index in [0.29, 0.717) is 5.56 Å². The SMILES string of the molecule is CC(C)NC(=O)c1ccc(-c2nn(Cc3ccccc3)c3ccccc23)cc1. The van der Waals surface area contributed by atoms with Gasteiger partial charge in [0.25, 0.3) is 5.91 Å². The van der Waals surface area contributed by atoms with Crippen LogP contribution in [0.1, 0.15) is 29.8 Å². The van der Waals surface area contributed by atoms with Crippen LogP contribution in [0.2, 0.25) is 0 Å². The number of nitrogens with one attached hydrogen (secondary N) is 1. The summed E-state index contributed by atoms with van der Waals surface area (Å²) in [5.41, 5.74) is 4.91. The van der Waals surface area contributed by atoms with Crippen molar-refractivity contribution in [1.29, 1.82) is 0 Å². The Morgan fingerprint density at radius 2 is 1.61 bits per heavy atom. The third kappa shape index (κ3) is 3.67. The molecule has 28 heavy (non-hydrogen) atoms. The summed E-state index contributed by atoms with van der Waals surface area (Å²) in [4.78, 5) is 12.2. The lowest BCUT2D eigenvalue weighted by molar-refractivity contribution is 0.0943. The van der Waals surface area contributed by atoms with Gasteiger partial charge in [-0.3, -0.25) is 9.48 Å². The van der Waals surface area contributed by atoms with Crippen molar-refractivity contribution >= 4 is 16.8 Å². The third-order valence-corrected chi connectivity index (χ3v) is 4.67. The van der Waals surface area contributed by atoms with Crippen LogP contribution >= 0.6 is 0 Å². The van der Waals surface area contributed by atoms with Crippen LogP contribution in [0.5, 0.6) is 0 Å². The van der Waals surface area contributed by atoms with Crippen LogP contribution in [-0.2, 0) is 6.54 Å². The number of hydrogen-bond donors (Lipinski definition) is 1. The molecule has 0 aliphatic rings. The second kappa shape index (κ2) is 7.69. The van der Waals surface area contributed by atoms with E-state index in [1.807, 2.05) is 73.1 Å². The summed E-state index contributed by atoms with van der Waals surface area (Å²) in [6, 6.07) is 26.4. The summed E-state index contributed by atoms with van der Waals surface area (Å²) in [7, 11) is 0. The normalized spacial score (nSPS) is 11.1. The minimum Gasteiger partial charge on any atom is -0.350 e. The minimum absolute atomic E-state index is 0.0546. The zero-order chi connectivity index (χ0) is 19.5. The molecule has 0 radical (unpaired) electrons. The van der Waals surface area contributed by atoms with Gasteiger partial charge in [0.1, 0.15) is 5.69 Å². The molecule has 0 atom stereocenters. The largest absolute Gasteiger partial charge is 0.350 e. The first-order valence-electron chi connectivity index (χ1n) is 9.52. The van der Waals surface area contributed by atoms with Crippen molar-refractivity contribution < 1.29 is 4.79 Å². The summed E-state index contributed by atoms with van der Waals surface area (Å²) in [5.74, 6) is -0.0546. The van der Waals surface area contributed by atoms with Crippen molar-refractivity contribution in [2.75, 3.05) is 0 Å². The monoisotopic (exact) mass is 369 g/mol. The quantitative estimate of drug-likeness (QED) is 0.544. The lowest BCUT2D eigenvalue weighted by atomic mass is 10.1. The van der Waals surface area contributed by atoms with Gasteiger partial charge in [0.15, 0.2) is 0 Å². The predicted octanol–water partition coefficient (Wildman–Crippen LogP) is 4.89. The zero-order valence-corrected chi connectivity index (χ0v) is 16.1. The molecule has 0 aliphatic heterocycles. The molecule has 0 fully saturated rings. The summed E-state index contributed by atoms with van der Waals surface area (Å²) in [6.45, 7) is 4.63. The maximum atomic E-state index is 12.2. The molecule has 4 rings (SSSR count). The fourth-order valence-electron chi connectivity index (χ4n) is 3.34. The number of fused-ring (bicyclic) bond motifs is 1. The maximum absolute atomic E-state index is 12.2. The van der Waals surface area contributed by atoms with Crippen LogP contribution in [0.4, 0.5) is 0 Å². The van der Waals surface area contributed by atoms with Gasteiger partial charge in [0, 0.05) is 22.6 Å². The molecule has 0 aliphatic carbocycles. The Morgan fingerprint density at radius 1 is 0.929 bits per heavy atom. The van der Waals surface area contributed by atoms with Gasteiger partial charge < -0.3 is 5.32 Å². The molecule has 1 aromatic heterocycles. The second-order valence-electron chi connectivity index (χ2n) is 7.21. The standard InChI is InChI=1S/C24H23N3O/c1-17(2)25-24(28)20-14-12-19(13-15-20)23-21-10-6-7-11-22(21)27(26-23)16-18-8-4-3-5-9-18/h3-15,17H,16H2,1-2H3,(H,25,28). The Bertz CT molecular complexity index is 1100. The Morgan fingerprint density at radius 3 is 2.32 bits per heavy atom. The number of amides is 1. The van der Waals surface area contributed by atoms with Gasteiger partial charge in [0.05, 0.1) is 12.1 Å². The van der Waals surface area contributed by atoms with Gasteiger partial charge >= 0.3 is 0 Å². The van der Waals surface area contributed by atoms with E-state index in [-0.39, 0.29) is 11.9 Å². The average Bonchev–Trinajstić information content (AvgIpc) is 3.07. The fraction of sp³-hybridized carbons (Fsp3) is 0.167. The van der Waals surface area contributed by atoms with E-state index in [0.717, 1.165) is 28.7 Å². The van der Waals surface area contributed by atoms with Crippen LogP contribution in [0, 0.1) is 0 Å². The molecule has 1 N–H and O–H groups in total. The number of aromatic nitrogens is 2. The molecule has 1 heterocycles. The molecule has 0 bridgehead atoms. The van der Waals surface area contributed by atoms with E-state index in [4.69, 9.17) is 5.10 Å². The fourth-order valence-corrected chi connectivity index (χ4v) is 3.34. The highest BCUT2D eigenvalue weighted by molar-refractivity contribution is 5.96. The van der Waals surface area contributed by atoms with Gasteiger partial charge in [-0.25, -0.2) is 0 Å². The van der Waals surface area contributed by atoms with Crippen LogP contribution in [-0.4, -0.2) is 21.7 Å². The molecule has 4 nitrogen and oxygen atoms in total. The number of carbonyl (C=O) groups is 1. The van der Waals surface area contributed by atoms with Crippen molar-refractivity contribution in [3.8, 4) is 11.3 Å². The summed E-state index contributed by atoms with van der Waals surface area (Å²) in [6.07, 6.45) is 0. The van der Waals surface area contributed by atoms with Crippen LogP contribution in [0.15, 0.2) is 78.9 Å². The van der Waals surface area contributed by atoms with Crippen molar-refractivity contribution in [2.45, 2.75) is 26.4 Å². The lowest BCUT2D eigenvalue weighted by Gasteiger charge is -2.08. The second-order valence-corrected chi connectivity index (χ2v) is 7.21. The highest BCUT2D eigenvalue weighted by Crippen LogP contribution is 2.28. The van der Waals surface area contributed by atoms with Crippen molar-refractivity contribution in [2.24, 2.45) is 0 Å². The Kier molecular flexibility index (Phi) is 4.94. The molecule has 0 unspecified atom stereocenters. The molecule has 4 heteroatoms. The van der Waals surface area contributed by atoms with Crippen molar-refractivity contribution in [3.05, 3.63) is 90.0 Å². The minimum atomic E-state index is -0.0546. The molecular formula is C24H23N3O. The van der Waals surface area contributed by atoms with Gasteiger partial charge in [-0.15, -0.1) is 0 Å². The first-order chi connectivity index (χ1) is 13.6. The Labute approximate surface area is 164 Å². The topological polar surface area (TPSA) is 46.9 Å². The molecule has 0 saturated heterocycles. The van der Waals surface area contributed by atoms with E-state index in [1.165, 1.54) is 5.56 Å². The number of carbonyl (C=O) groups excluding carboxylic acids is 1. The van der Waals surface area contributed by atoms with Gasteiger partial charge in [-0.05, 0) is 37.6 Å². The third-order valence-electron chi connectivity index (χ3n) is 4.67. The van der Waals surface area contributed by atoms with Crippen LogP contribution < -0.4 is 5.32 Å². The van der Waals surface area contributed by atoms with Crippen LogP contribution in [0.3, 0.4) is 0 Å². The van der Waals surface area contributed by atoms with E-state index < -0.39 is 0 Å². The summed E-state index contributed by atoms with van der Waals surface area (Å²) in [5, 5.41) is 8.92. The summed E-state index contributed by atoms with van der Waals surface area (Å²) >= 11 is 0. The number of para-hydroxylation sites is 1. The number of nitrogens with zero attached hydrogens (tertiary/aromatic N) is 2. The van der Waals surface area contributed by atoms with Gasteiger partial charge in [0.2, 0.25) is 0 Å². The first-order valence-corrected chi connectivity index (χ1v) is 9.52. The number of hydrogen-bond acceptors (Lipinski definition) is 2. The Hall–Kier alpha value is -3.40. The van der Waals surface area contributed by atoms with Crippen LogP contribution in [0.25, 0.3) is 22.2 Å². The number of rotatable bonds is 5. The van der Waals surface area contributed by atoms with Gasteiger partial charge in [-0.1, -0.05) is 60.7 Å².